The molecule has 1 aromatic heterocycles. The molecule has 0 spiro atoms. The summed E-state index contributed by atoms with van der Waals surface area (Å²) in [6.45, 7) is 0.575. The highest BCUT2D eigenvalue weighted by molar-refractivity contribution is 7.07. The Morgan fingerprint density at radius 1 is 1.30 bits per heavy atom. The van der Waals surface area contributed by atoms with E-state index in [9.17, 15) is 14.7 Å². The van der Waals surface area contributed by atoms with Gasteiger partial charge in [-0.2, -0.15) is 11.3 Å². The van der Waals surface area contributed by atoms with Gasteiger partial charge < -0.3 is 10.4 Å². The summed E-state index contributed by atoms with van der Waals surface area (Å²) in [5, 5.41) is 16.4. The number of hydrogen-bond donors (Lipinski definition) is 2. The molecule has 1 amide bonds. The number of hydrogen-bond acceptors (Lipinski definition) is 3. The number of rotatable bonds is 6. The van der Waals surface area contributed by atoms with Crippen LogP contribution in [0.3, 0.4) is 0 Å². The van der Waals surface area contributed by atoms with E-state index in [4.69, 9.17) is 0 Å². The van der Waals surface area contributed by atoms with Crippen molar-refractivity contribution < 1.29 is 14.7 Å². The van der Waals surface area contributed by atoms with Crippen LogP contribution in [0.4, 0.5) is 0 Å². The van der Waals surface area contributed by atoms with Gasteiger partial charge in [0.15, 0.2) is 0 Å². The number of thiophene rings is 1. The van der Waals surface area contributed by atoms with E-state index < -0.39 is 11.4 Å². The lowest BCUT2D eigenvalue weighted by Crippen LogP contribution is -2.39. The van der Waals surface area contributed by atoms with Crippen LogP contribution in [0.2, 0.25) is 0 Å². The van der Waals surface area contributed by atoms with Gasteiger partial charge in [0.1, 0.15) is 0 Å². The van der Waals surface area contributed by atoms with Crippen molar-refractivity contribution in [3.05, 3.63) is 22.4 Å². The third kappa shape index (κ3) is 3.82. The van der Waals surface area contributed by atoms with Crippen LogP contribution in [0, 0.1) is 5.41 Å². The summed E-state index contributed by atoms with van der Waals surface area (Å²) >= 11 is 1.64. The van der Waals surface area contributed by atoms with Crippen molar-refractivity contribution in [1.82, 2.24) is 5.32 Å². The van der Waals surface area contributed by atoms with Gasteiger partial charge in [-0.1, -0.05) is 19.3 Å². The highest BCUT2D eigenvalue weighted by Crippen LogP contribution is 2.39. The summed E-state index contributed by atoms with van der Waals surface area (Å²) in [6, 6.07) is 2.04. The van der Waals surface area contributed by atoms with Gasteiger partial charge >= 0.3 is 5.97 Å². The molecule has 1 fully saturated rings. The molecular formula is C15H21NO3S. The maximum atomic E-state index is 12.0. The van der Waals surface area contributed by atoms with E-state index >= 15 is 0 Å². The summed E-state index contributed by atoms with van der Waals surface area (Å²) in [6.07, 6.45) is 5.07. The number of carbonyl (C=O) groups is 2. The van der Waals surface area contributed by atoms with Crippen molar-refractivity contribution in [1.29, 1.82) is 0 Å². The first-order valence-corrected chi connectivity index (χ1v) is 8.08. The van der Waals surface area contributed by atoms with Crippen LogP contribution in [0.5, 0.6) is 0 Å². The average molecular weight is 295 g/mol. The van der Waals surface area contributed by atoms with Crippen LogP contribution in [0.1, 0.15) is 44.1 Å². The summed E-state index contributed by atoms with van der Waals surface area (Å²) in [5.74, 6) is -0.949. The summed E-state index contributed by atoms with van der Waals surface area (Å²) in [7, 11) is 0. The molecule has 2 N–H and O–H groups in total. The van der Waals surface area contributed by atoms with Crippen LogP contribution >= 0.6 is 11.3 Å². The van der Waals surface area contributed by atoms with Crippen molar-refractivity contribution in [2.24, 2.45) is 5.41 Å². The third-order valence-electron chi connectivity index (χ3n) is 4.08. The molecule has 110 valence electrons. The third-order valence-corrected chi connectivity index (χ3v) is 4.81. The monoisotopic (exact) mass is 295 g/mol. The van der Waals surface area contributed by atoms with Gasteiger partial charge in [0.25, 0.3) is 0 Å². The number of carbonyl (C=O) groups excluding carboxylic acids is 1. The van der Waals surface area contributed by atoms with Crippen molar-refractivity contribution in [2.45, 2.75) is 44.9 Å². The Balaban J connectivity index is 1.81. The zero-order chi connectivity index (χ0) is 14.4. The Kier molecular flexibility index (Phi) is 5.17. The first-order valence-electron chi connectivity index (χ1n) is 7.14. The molecule has 0 bridgehead atoms. The zero-order valence-corrected chi connectivity index (χ0v) is 12.4. The Morgan fingerprint density at radius 2 is 2.05 bits per heavy atom. The second-order valence-electron chi connectivity index (χ2n) is 5.55. The van der Waals surface area contributed by atoms with Crippen molar-refractivity contribution in [3.8, 4) is 0 Å². The number of carboxylic acids is 1. The molecule has 0 aliphatic heterocycles. The standard InChI is InChI=1S/C15H21NO3S/c17-13(16-8-4-12-5-9-20-11-12)10-15(14(18)19)6-2-1-3-7-15/h5,9,11H,1-4,6-8,10H2,(H,16,17)(H,18,19). The van der Waals surface area contributed by atoms with Gasteiger partial charge in [-0.25, -0.2) is 0 Å². The number of amides is 1. The molecule has 0 atom stereocenters. The van der Waals surface area contributed by atoms with Crippen molar-refractivity contribution >= 4 is 23.2 Å². The number of nitrogens with one attached hydrogen (secondary N) is 1. The van der Waals surface area contributed by atoms with E-state index in [-0.39, 0.29) is 12.3 Å². The minimum Gasteiger partial charge on any atom is -0.481 e. The fourth-order valence-electron chi connectivity index (χ4n) is 2.85. The van der Waals surface area contributed by atoms with E-state index in [1.54, 1.807) is 11.3 Å². The number of aliphatic carboxylic acids is 1. The van der Waals surface area contributed by atoms with E-state index in [1.807, 2.05) is 11.4 Å². The Bertz CT molecular complexity index is 450. The van der Waals surface area contributed by atoms with E-state index in [0.29, 0.717) is 19.4 Å². The zero-order valence-electron chi connectivity index (χ0n) is 11.6. The SMILES string of the molecule is O=C(CC1(C(=O)O)CCCCC1)NCCc1ccsc1. The Labute approximate surface area is 123 Å². The normalized spacial score (nSPS) is 17.6. The van der Waals surface area contributed by atoms with Crippen LogP contribution in [-0.4, -0.2) is 23.5 Å². The van der Waals surface area contributed by atoms with Crippen LogP contribution in [0.15, 0.2) is 16.8 Å². The molecule has 1 aliphatic carbocycles. The maximum Gasteiger partial charge on any atom is 0.310 e. The lowest BCUT2D eigenvalue weighted by molar-refractivity contribution is -0.154. The Morgan fingerprint density at radius 3 is 2.65 bits per heavy atom. The smallest absolute Gasteiger partial charge is 0.310 e. The first-order chi connectivity index (χ1) is 9.62. The van der Waals surface area contributed by atoms with Crippen molar-refractivity contribution in [3.63, 3.8) is 0 Å². The molecule has 0 aromatic carbocycles. The van der Waals surface area contributed by atoms with Gasteiger partial charge in [-0.3, -0.25) is 9.59 Å². The van der Waals surface area contributed by atoms with Crippen LogP contribution in [0.25, 0.3) is 0 Å². The first kappa shape index (κ1) is 15.0. The molecule has 4 nitrogen and oxygen atoms in total. The van der Waals surface area contributed by atoms with Gasteiger partial charge in [-0.15, -0.1) is 0 Å². The fraction of sp³-hybridized carbons (Fsp3) is 0.600. The second-order valence-corrected chi connectivity index (χ2v) is 6.33. The predicted molar refractivity (Wildman–Crippen MR) is 78.8 cm³/mol. The largest absolute Gasteiger partial charge is 0.481 e. The minimum absolute atomic E-state index is 0.117. The molecule has 5 heteroatoms. The summed E-state index contributed by atoms with van der Waals surface area (Å²) in [4.78, 5) is 23.5. The molecular weight excluding hydrogens is 274 g/mol. The van der Waals surface area contributed by atoms with Crippen molar-refractivity contribution in [2.75, 3.05) is 6.54 Å². The topological polar surface area (TPSA) is 66.4 Å². The number of carboxylic acid groups (broad SMARTS) is 1. The van der Waals surface area contributed by atoms with Crippen LogP contribution in [-0.2, 0) is 16.0 Å². The molecule has 20 heavy (non-hydrogen) atoms. The van der Waals surface area contributed by atoms with E-state index in [1.165, 1.54) is 5.56 Å². The molecule has 0 radical (unpaired) electrons. The molecule has 1 aromatic rings. The highest BCUT2D eigenvalue weighted by Gasteiger charge is 2.41. The molecule has 1 saturated carbocycles. The lowest BCUT2D eigenvalue weighted by atomic mass is 9.71. The Hall–Kier alpha value is -1.36. The van der Waals surface area contributed by atoms with Gasteiger partial charge in [0.05, 0.1) is 5.41 Å². The van der Waals surface area contributed by atoms with E-state index in [0.717, 1.165) is 25.7 Å². The van der Waals surface area contributed by atoms with Gasteiger partial charge in [-0.05, 0) is 41.7 Å². The van der Waals surface area contributed by atoms with Crippen LogP contribution < -0.4 is 5.32 Å². The maximum absolute atomic E-state index is 12.0. The van der Waals surface area contributed by atoms with Gasteiger partial charge in [0.2, 0.25) is 5.91 Å². The highest BCUT2D eigenvalue weighted by atomic mass is 32.1. The summed E-state index contributed by atoms with van der Waals surface area (Å²) in [5.41, 5.74) is 0.381. The molecule has 2 rings (SSSR count). The predicted octanol–water partition coefficient (Wildman–Crippen LogP) is 2.83. The summed E-state index contributed by atoms with van der Waals surface area (Å²) < 4.78 is 0. The molecule has 1 heterocycles. The molecule has 1 aliphatic rings. The second kappa shape index (κ2) is 6.88. The molecule has 0 saturated heterocycles. The van der Waals surface area contributed by atoms with E-state index in [2.05, 4.69) is 10.7 Å². The average Bonchev–Trinajstić information content (AvgIpc) is 2.93. The lowest BCUT2D eigenvalue weighted by Gasteiger charge is -2.32. The molecule has 0 unspecified atom stereocenters. The fourth-order valence-corrected chi connectivity index (χ4v) is 3.55. The minimum atomic E-state index is -0.829. The quantitative estimate of drug-likeness (QED) is 0.848. The van der Waals surface area contributed by atoms with Gasteiger partial charge in [0, 0.05) is 13.0 Å².